The fraction of sp³-hybridized carbons (Fsp3) is 0.750. The molecular weight excluding hydrogens is 191 g/mol. The zero-order valence-corrected chi connectivity index (χ0v) is 9.32. The summed E-state index contributed by atoms with van der Waals surface area (Å²) in [7, 11) is -3.26. The van der Waals surface area contributed by atoms with E-state index in [0.717, 1.165) is 5.82 Å². The molecule has 0 saturated carbocycles. The maximum Gasteiger partial charge on any atom is 0.357 e. The van der Waals surface area contributed by atoms with Gasteiger partial charge in [0, 0.05) is 0 Å². The fourth-order valence-corrected chi connectivity index (χ4v) is 2.29. The van der Waals surface area contributed by atoms with Crippen LogP contribution < -0.4 is 0 Å². The minimum absolute atomic E-state index is 0.208. The number of rotatable bonds is 5. The predicted octanol–water partition coefficient (Wildman–Crippen LogP) is 3.06. The first kappa shape index (κ1) is 12.7. The van der Waals surface area contributed by atoms with E-state index in [9.17, 15) is 4.57 Å². The molecule has 0 aliphatic heterocycles. The van der Waals surface area contributed by atoms with Gasteiger partial charge < -0.3 is 14.2 Å². The van der Waals surface area contributed by atoms with E-state index in [2.05, 4.69) is 0 Å². The van der Waals surface area contributed by atoms with Crippen molar-refractivity contribution in [2.45, 2.75) is 39.9 Å². The summed E-state index contributed by atoms with van der Waals surface area (Å²) in [6.07, 6.45) is 0.271. The Morgan fingerprint density at radius 2 is 1.54 bits per heavy atom. The maximum absolute atomic E-state index is 11.7. The van der Waals surface area contributed by atoms with E-state index in [-0.39, 0.29) is 12.2 Å². The average Bonchev–Trinajstić information content (AvgIpc) is 1.81. The Kier molecular flexibility index (Phi) is 5.30. The van der Waals surface area contributed by atoms with Crippen molar-refractivity contribution in [2.24, 2.45) is 0 Å². The lowest BCUT2D eigenvalue weighted by Gasteiger charge is -2.19. The lowest BCUT2D eigenvalue weighted by atomic mass is 10.5. The molecule has 0 atom stereocenters. The summed E-state index contributed by atoms with van der Waals surface area (Å²) in [5, 5.41) is 8.51. The van der Waals surface area contributed by atoms with Gasteiger partial charge in [-0.05, 0) is 27.7 Å². The van der Waals surface area contributed by atoms with Gasteiger partial charge in [0.15, 0.2) is 0 Å². The van der Waals surface area contributed by atoms with Crippen LogP contribution in [0.15, 0.2) is 12.1 Å². The summed E-state index contributed by atoms with van der Waals surface area (Å²) in [6.45, 7) is 7.01. The number of aliphatic hydroxyl groups is 1. The number of aliphatic hydroxyl groups excluding tert-OH is 1. The van der Waals surface area contributed by atoms with Gasteiger partial charge in [0.1, 0.15) is 0 Å². The Balaban J connectivity index is 4.44. The SMILES string of the molecule is CC(C)OP(=O)(C=CO)OC(C)C. The van der Waals surface area contributed by atoms with E-state index in [1.165, 1.54) is 0 Å². The van der Waals surface area contributed by atoms with Gasteiger partial charge in [-0.3, -0.25) is 4.57 Å². The first-order valence-corrected chi connectivity index (χ1v) is 5.79. The highest BCUT2D eigenvalue weighted by Crippen LogP contribution is 2.51. The van der Waals surface area contributed by atoms with Crippen molar-refractivity contribution in [1.29, 1.82) is 0 Å². The molecule has 0 aliphatic rings. The molecule has 0 bridgehead atoms. The third kappa shape index (κ3) is 5.86. The summed E-state index contributed by atoms with van der Waals surface area (Å²) in [5.41, 5.74) is 0. The molecule has 0 aromatic rings. The second-order valence-corrected chi connectivity index (χ2v) is 4.95. The third-order valence-electron chi connectivity index (χ3n) is 0.965. The van der Waals surface area contributed by atoms with Crippen LogP contribution in [0, 0.1) is 0 Å². The summed E-state index contributed by atoms with van der Waals surface area (Å²) in [4.78, 5) is 0. The highest BCUT2D eigenvalue weighted by molar-refractivity contribution is 7.57. The van der Waals surface area contributed by atoms with Gasteiger partial charge in [0.05, 0.1) is 24.3 Å². The van der Waals surface area contributed by atoms with E-state index in [1.807, 2.05) is 0 Å². The van der Waals surface area contributed by atoms with E-state index in [0.29, 0.717) is 6.26 Å². The second-order valence-electron chi connectivity index (χ2n) is 3.15. The van der Waals surface area contributed by atoms with Crippen LogP contribution in [0.2, 0.25) is 0 Å². The van der Waals surface area contributed by atoms with Crippen molar-refractivity contribution in [3.05, 3.63) is 12.1 Å². The van der Waals surface area contributed by atoms with Gasteiger partial charge in [-0.2, -0.15) is 0 Å². The van der Waals surface area contributed by atoms with Gasteiger partial charge in [-0.25, -0.2) is 0 Å². The first-order valence-electron chi connectivity index (χ1n) is 4.18. The standard InChI is InChI=1S/C8H17O4P/c1-7(2)11-13(10,6-5-9)12-8(3)4/h5-9H,1-4H3. The molecule has 0 aromatic heterocycles. The molecule has 0 fully saturated rings. The first-order chi connectivity index (χ1) is 5.89. The van der Waals surface area contributed by atoms with E-state index in [4.69, 9.17) is 14.2 Å². The topological polar surface area (TPSA) is 55.8 Å². The highest BCUT2D eigenvalue weighted by Gasteiger charge is 2.24. The molecule has 0 unspecified atom stereocenters. The van der Waals surface area contributed by atoms with Crippen LogP contribution in [0.1, 0.15) is 27.7 Å². The summed E-state index contributed by atoms with van der Waals surface area (Å²) < 4.78 is 21.9. The lowest BCUT2D eigenvalue weighted by Crippen LogP contribution is -2.06. The molecular formula is C8H17O4P. The quantitative estimate of drug-likeness (QED) is 0.557. The van der Waals surface area contributed by atoms with Gasteiger partial charge in [0.2, 0.25) is 0 Å². The molecule has 78 valence electrons. The van der Waals surface area contributed by atoms with Crippen molar-refractivity contribution in [3.8, 4) is 0 Å². The molecule has 1 N–H and O–H groups in total. The van der Waals surface area contributed by atoms with Crippen molar-refractivity contribution in [2.75, 3.05) is 0 Å². The molecule has 13 heavy (non-hydrogen) atoms. The normalized spacial score (nSPS) is 13.4. The highest BCUT2D eigenvalue weighted by atomic mass is 31.2. The monoisotopic (exact) mass is 208 g/mol. The van der Waals surface area contributed by atoms with Crippen molar-refractivity contribution < 1.29 is 18.7 Å². The third-order valence-corrected chi connectivity index (χ3v) is 2.89. The molecule has 0 heterocycles. The molecule has 4 nitrogen and oxygen atoms in total. The van der Waals surface area contributed by atoms with Gasteiger partial charge in [-0.15, -0.1) is 0 Å². The Labute approximate surface area is 79.1 Å². The summed E-state index contributed by atoms with van der Waals surface area (Å²) in [5.74, 6) is 1.05. The largest absolute Gasteiger partial charge is 0.515 e. The van der Waals surface area contributed by atoms with Crippen LogP contribution in [-0.2, 0) is 13.6 Å². The predicted molar refractivity (Wildman–Crippen MR) is 51.8 cm³/mol. The minimum atomic E-state index is -3.26. The maximum atomic E-state index is 11.7. The average molecular weight is 208 g/mol. The van der Waals surface area contributed by atoms with Crippen LogP contribution in [0.3, 0.4) is 0 Å². The molecule has 0 amide bonds. The van der Waals surface area contributed by atoms with Crippen molar-refractivity contribution in [3.63, 3.8) is 0 Å². The molecule has 0 aliphatic carbocycles. The Morgan fingerprint density at radius 1 is 1.15 bits per heavy atom. The van der Waals surface area contributed by atoms with Gasteiger partial charge >= 0.3 is 7.60 Å². The van der Waals surface area contributed by atoms with E-state index >= 15 is 0 Å². The second kappa shape index (κ2) is 5.43. The van der Waals surface area contributed by atoms with Crippen LogP contribution in [0.25, 0.3) is 0 Å². The zero-order valence-electron chi connectivity index (χ0n) is 8.43. The van der Waals surface area contributed by atoms with E-state index < -0.39 is 7.60 Å². The Bertz CT molecular complexity index is 196. The molecule has 0 radical (unpaired) electrons. The summed E-state index contributed by atoms with van der Waals surface area (Å²) in [6, 6.07) is 0. The molecule has 0 aromatic carbocycles. The van der Waals surface area contributed by atoms with Crippen molar-refractivity contribution >= 4 is 7.60 Å². The number of hydrogen-bond donors (Lipinski definition) is 1. The zero-order chi connectivity index (χ0) is 10.5. The molecule has 0 rings (SSSR count). The molecule has 0 saturated heterocycles. The van der Waals surface area contributed by atoms with Crippen molar-refractivity contribution in [1.82, 2.24) is 0 Å². The van der Waals surface area contributed by atoms with E-state index in [1.54, 1.807) is 27.7 Å². The van der Waals surface area contributed by atoms with Crippen LogP contribution in [0.4, 0.5) is 0 Å². The molecule has 0 spiro atoms. The molecule has 5 heteroatoms. The van der Waals surface area contributed by atoms with Gasteiger partial charge in [-0.1, -0.05) is 0 Å². The fourth-order valence-electron chi connectivity index (χ4n) is 0.764. The Hall–Kier alpha value is -0.310. The smallest absolute Gasteiger partial charge is 0.357 e. The lowest BCUT2D eigenvalue weighted by molar-refractivity contribution is 0.149. The Morgan fingerprint density at radius 3 is 1.77 bits per heavy atom. The van der Waals surface area contributed by atoms with Crippen LogP contribution in [0.5, 0.6) is 0 Å². The number of hydrogen-bond acceptors (Lipinski definition) is 4. The van der Waals surface area contributed by atoms with Crippen LogP contribution >= 0.6 is 7.60 Å². The van der Waals surface area contributed by atoms with Gasteiger partial charge in [0.25, 0.3) is 0 Å². The summed E-state index contributed by atoms with van der Waals surface area (Å²) >= 11 is 0. The van der Waals surface area contributed by atoms with Crippen LogP contribution in [-0.4, -0.2) is 17.3 Å². The minimum Gasteiger partial charge on any atom is -0.515 e.